The summed E-state index contributed by atoms with van der Waals surface area (Å²) in [6.45, 7) is 0. The van der Waals surface area contributed by atoms with E-state index in [0.717, 1.165) is 36.9 Å². The van der Waals surface area contributed by atoms with Gasteiger partial charge >= 0.3 is 0 Å². The fourth-order valence-electron chi connectivity index (χ4n) is 3.51. The second kappa shape index (κ2) is 5.40. The number of hydrogen-bond donors (Lipinski definition) is 0. The average molecular weight is 337 g/mol. The lowest BCUT2D eigenvalue weighted by molar-refractivity contribution is 0.0603. The van der Waals surface area contributed by atoms with Gasteiger partial charge in [0.1, 0.15) is 0 Å². The number of hydrogen-bond acceptors (Lipinski definition) is 2. The van der Waals surface area contributed by atoms with Crippen LogP contribution in [-0.2, 0) is 0 Å². The van der Waals surface area contributed by atoms with E-state index >= 15 is 0 Å². The Hall–Kier alpha value is -1.03. The van der Waals surface area contributed by atoms with Gasteiger partial charge in [-0.15, -0.1) is 0 Å². The number of rotatable bonds is 2. The summed E-state index contributed by atoms with van der Waals surface area (Å²) in [5.41, 5.74) is 1.90. The van der Waals surface area contributed by atoms with Crippen molar-refractivity contribution in [2.45, 2.75) is 42.6 Å². The highest BCUT2D eigenvalue weighted by atomic mass is 79.9. The van der Waals surface area contributed by atoms with Crippen LogP contribution in [0.2, 0.25) is 0 Å². The highest BCUT2D eigenvalue weighted by Gasteiger charge is 2.42. The maximum atomic E-state index is 12.8. The maximum Gasteiger partial charge on any atom is 0.254 e. The molecule has 0 saturated carbocycles. The van der Waals surface area contributed by atoms with Gasteiger partial charge in [-0.2, -0.15) is 0 Å². The maximum absolute atomic E-state index is 12.8. The highest BCUT2D eigenvalue weighted by Crippen LogP contribution is 2.39. The zero-order valence-electron chi connectivity index (χ0n) is 12.1. The molecule has 2 unspecified atom stereocenters. The average Bonchev–Trinajstić information content (AvgIpc) is 2.70. The van der Waals surface area contributed by atoms with Gasteiger partial charge in [0.15, 0.2) is 0 Å². The first-order valence-corrected chi connectivity index (χ1v) is 8.22. The third-order valence-corrected chi connectivity index (χ3v) is 5.27. The Balaban J connectivity index is 1.84. The predicted octanol–water partition coefficient (Wildman–Crippen LogP) is 3.28. The number of halogens is 1. The Labute approximate surface area is 129 Å². The summed E-state index contributed by atoms with van der Waals surface area (Å²) in [5.74, 6) is 0.209. The van der Waals surface area contributed by atoms with E-state index < -0.39 is 0 Å². The molecule has 2 saturated heterocycles. The summed E-state index contributed by atoms with van der Waals surface area (Å²) in [6, 6.07) is 8.80. The SMILES string of the molecule is CN(C)c1cccc(C(=O)N2C3CCC2CC(Br)C3)c1. The standard InChI is InChI=1S/C16H21BrN2O/c1-18(2)13-5-3-4-11(8-13)16(20)19-14-6-7-15(19)10-12(17)9-14/h3-5,8,12,14-15H,6-7,9-10H2,1-2H3. The van der Waals surface area contributed by atoms with Crippen LogP contribution >= 0.6 is 15.9 Å². The van der Waals surface area contributed by atoms with E-state index in [1.54, 1.807) is 0 Å². The molecule has 20 heavy (non-hydrogen) atoms. The minimum absolute atomic E-state index is 0.209. The van der Waals surface area contributed by atoms with Crippen LogP contribution in [0.4, 0.5) is 5.69 Å². The molecule has 4 heteroatoms. The number of piperidine rings is 1. The summed E-state index contributed by atoms with van der Waals surface area (Å²) in [6.07, 6.45) is 4.50. The molecule has 2 heterocycles. The fraction of sp³-hybridized carbons (Fsp3) is 0.562. The molecule has 1 amide bonds. The lowest BCUT2D eigenvalue weighted by Crippen LogP contribution is -2.46. The van der Waals surface area contributed by atoms with Crippen molar-refractivity contribution in [2.24, 2.45) is 0 Å². The number of alkyl halides is 1. The van der Waals surface area contributed by atoms with Crippen molar-refractivity contribution < 1.29 is 4.79 Å². The number of benzene rings is 1. The van der Waals surface area contributed by atoms with Gasteiger partial charge in [0, 0.05) is 42.3 Å². The van der Waals surface area contributed by atoms with Crippen LogP contribution < -0.4 is 4.90 Å². The molecule has 0 spiro atoms. The van der Waals surface area contributed by atoms with E-state index in [2.05, 4.69) is 20.8 Å². The molecule has 2 aliphatic rings. The van der Waals surface area contributed by atoms with Gasteiger partial charge in [0.2, 0.25) is 0 Å². The van der Waals surface area contributed by atoms with Crippen LogP contribution in [0, 0.1) is 0 Å². The highest BCUT2D eigenvalue weighted by molar-refractivity contribution is 9.09. The van der Waals surface area contributed by atoms with Gasteiger partial charge < -0.3 is 9.80 Å². The molecular weight excluding hydrogens is 316 g/mol. The van der Waals surface area contributed by atoms with Gasteiger partial charge in [-0.3, -0.25) is 4.79 Å². The van der Waals surface area contributed by atoms with Gasteiger partial charge in [-0.1, -0.05) is 22.0 Å². The van der Waals surface area contributed by atoms with Crippen LogP contribution in [0.3, 0.4) is 0 Å². The summed E-state index contributed by atoms with van der Waals surface area (Å²) in [5, 5.41) is 0. The minimum atomic E-state index is 0.209. The normalized spacial score (nSPS) is 28.6. The second-order valence-electron chi connectivity index (χ2n) is 6.11. The molecule has 1 aromatic carbocycles. The van der Waals surface area contributed by atoms with Gasteiger partial charge in [0.25, 0.3) is 5.91 Å². The first-order valence-electron chi connectivity index (χ1n) is 7.30. The zero-order chi connectivity index (χ0) is 14.3. The minimum Gasteiger partial charge on any atom is -0.378 e. The predicted molar refractivity (Wildman–Crippen MR) is 85.7 cm³/mol. The van der Waals surface area contributed by atoms with Crippen molar-refractivity contribution in [1.29, 1.82) is 0 Å². The molecule has 3 rings (SSSR count). The van der Waals surface area contributed by atoms with Crippen LogP contribution in [0.15, 0.2) is 24.3 Å². The number of anilines is 1. The van der Waals surface area contributed by atoms with Crippen LogP contribution in [0.25, 0.3) is 0 Å². The molecule has 2 fully saturated rings. The van der Waals surface area contributed by atoms with E-state index in [4.69, 9.17) is 0 Å². The fourth-order valence-corrected chi connectivity index (χ4v) is 4.37. The molecule has 0 N–H and O–H groups in total. The lowest BCUT2D eigenvalue weighted by atomic mass is 10.0. The Morgan fingerprint density at radius 2 is 1.90 bits per heavy atom. The van der Waals surface area contributed by atoms with Gasteiger partial charge in [-0.05, 0) is 43.9 Å². The van der Waals surface area contributed by atoms with Crippen LogP contribution in [0.5, 0.6) is 0 Å². The van der Waals surface area contributed by atoms with Crippen molar-refractivity contribution in [2.75, 3.05) is 19.0 Å². The van der Waals surface area contributed by atoms with E-state index in [0.29, 0.717) is 16.9 Å². The third kappa shape index (κ3) is 2.46. The van der Waals surface area contributed by atoms with Crippen molar-refractivity contribution in [3.05, 3.63) is 29.8 Å². The smallest absolute Gasteiger partial charge is 0.254 e. The summed E-state index contributed by atoms with van der Waals surface area (Å²) < 4.78 is 0. The number of amides is 1. The van der Waals surface area contributed by atoms with Crippen molar-refractivity contribution in [3.63, 3.8) is 0 Å². The van der Waals surface area contributed by atoms with Gasteiger partial charge in [-0.25, -0.2) is 0 Å². The van der Waals surface area contributed by atoms with E-state index in [1.807, 2.05) is 43.3 Å². The third-order valence-electron chi connectivity index (χ3n) is 4.52. The summed E-state index contributed by atoms with van der Waals surface area (Å²) >= 11 is 3.73. The van der Waals surface area contributed by atoms with E-state index in [1.165, 1.54) is 0 Å². The number of nitrogens with zero attached hydrogens (tertiary/aromatic N) is 2. The van der Waals surface area contributed by atoms with Gasteiger partial charge in [0.05, 0.1) is 0 Å². The molecule has 3 nitrogen and oxygen atoms in total. The lowest BCUT2D eigenvalue weighted by Gasteiger charge is -2.37. The topological polar surface area (TPSA) is 23.6 Å². The number of fused-ring (bicyclic) bond motifs is 2. The zero-order valence-corrected chi connectivity index (χ0v) is 13.6. The largest absolute Gasteiger partial charge is 0.378 e. The van der Waals surface area contributed by atoms with Crippen LogP contribution in [-0.4, -0.2) is 41.8 Å². The Morgan fingerprint density at radius 1 is 1.25 bits per heavy atom. The molecule has 2 aliphatic heterocycles. The second-order valence-corrected chi connectivity index (χ2v) is 7.41. The van der Waals surface area contributed by atoms with Crippen LogP contribution in [0.1, 0.15) is 36.0 Å². The monoisotopic (exact) mass is 336 g/mol. The summed E-state index contributed by atoms with van der Waals surface area (Å²) in [4.78, 5) is 17.6. The van der Waals surface area contributed by atoms with E-state index in [9.17, 15) is 4.79 Å². The number of carbonyl (C=O) groups is 1. The molecule has 0 aromatic heterocycles. The molecule has 0 aliphatic carbocycles. The number of carbonyl (C=O) groups excluding carboxylic acids is 1. The van der Waals surface area contributed by atoms with Crippen molar-refractivity contribution in [3.8, 4) is 0 Å². The van der Waals surface area contributed by atoms with Crippen molar-refractivity contribution >= 4 is 27.5 Å². The Morgan fingerprint density at radius 3 is 2.50 bits per heavy atom. The molecule has 1 aromatic rings. The Kier molecular flexibility index (Phi) is 3.76. The van der Waals surface area contributed by atoms with E-state index in [-0.39, 0.29) is 5.91 Å². The first-order chi connectivity index (χ1) is 9.56. The first kappa shape index (κ1) is 13.9. The molecule has 108 valence electrons. The summed E-state index contributed by atoms with van der Waals surface area (Å²) in [7, 11) is 4.01. The van der Waals surface area contributed by atoms with Crippen molar-refractivity contribution in [1.82, 2.24) is 4.90 Å². The molecular formula is C16H21BrN2O. The molecule has 2 atom stereocenters. The Bertz CT molecular complexity index is 503. The molecule has 0 radical (unpaired) electrons. The molecule has 2 bridgehead atoms. The quantitative estimate of drug-likeness (QED) is 0.774.